The van der Waals surface area contributed by atoms with Gasteiger partial charge < -0.3 is 9.15 Å². The molecule has 1 aliphatic rings. The second kappa shape index (κ2) is 4.77. The topological polar surface area (TPSA) is 65.2 Å². The number of thiazole rings is 1. The smallest absolute Gasteiger partial charge is 0.376 e. The third-order valence-electron chi connectivity index (χ3n) is 2.92. The number of esters is 1. The molecule has 0 bridgehead atoms. The Morgan fingerprint density at radius 3 is 2.89 bits per heavy atom. The number of oxazole rings is 1. The largest absolute Gasteiger partial charge is 0.460 e. The molecule has 1 fully saturated rings. The summed E-state index contributed by atoms with van der Waals surface area (Å²) >= 11 is 1.53. The predicted molar refractivity (Wildman–Crippen MR) is 70.3 cm³/mol. The number of rotatable bonds is 4. The minimum absolute atomic E-state index is 0.241. The van der Waals surface area contributed by atoms with Gasteiger partial charge in [0.25, 0.3) is 0 Å². The molecule has 6 heteroatoms. The second-order valence-corrected chi connectivity index (χ2v) is 5.54. The van der Waals surface area contributed by atoms with Crippen LogP contribution < -0.4 is 0 Å². The Bertz CT molecular complexity index is 613. The quantitative estimate of drug-likeness (QED) is 0.804. The lowest BCUT2D eigenvalue weighted by Gasteiger charge is -1.98. The van der Waals surface area contributed by atoms with E-state index in [1.54, 1.807) is 6.92 Å². The monoisotopic (exact) mass is 278 g/mol. The van der Waals surface area contributed by atoms with E-state index in [1.165, 1.54) is 11.3 Å². The van der Waals surface area contributed by atoms with Crippen molar-refractivity contribution >= 4 is 17.3 Å². The van der Waals surface area contributed by atoms with E-state index in [0.717, 1.165) is 23.5 Å². The van der Waals surface area contributed by atoms with E-state index in [0.29, 0.717) is 24.1 Å². The van der Waals surface area contributed by atoms with Gasteiger partial charge in [-0.05, 0) is 26.7 Å². The van der Waals surface area contributed by atoms with Crippen LogP contribution in [0.4, 0.5) is 0 Å². The molecule has 3 rings (SSSR count). The second-order valence-electron chi connectivity index (χ2n) is 4.48. The summed E-state index contributed by atoms with van der Waals surface area (Å²) in [6, 6.07) is 0. The Hall–Kier alpha value is -1.69. The lowest BCUT2D eigenvalue weighted by Crippen LogP contribution is -2.05. The molecule has 0 saturated heterocycles. The number of ether oxygens (including phenoxy) is 1. The average molecular weight is 278 g/mol. The summed E-state index contributed by atoms with van der Waals surface area (Å²) in [5.74, 6) is 0.547. The molecular weight excluding hydrogens is 264 g/mol. The number of carbonyl (C=O) groups excluding carboxylic acids is 1. The van der Waals surface area contributed by atoms with Crippen LogP contribution in [0.3, 0.4) is 0 Å². The number of nitrogens with zero attached hydrogens (tertiary/aromatic N) is 2. The van der Waals surface area contributed by atoms with E-state index in [4.69, 9.17) is 9.15 Å². The molecule has 0 aliphatic heterocycles. The maximum absolute atomic E-state index is 11.9. The van der Waals surface area contributed by atoms with Crippen LogP contribution in [-0.2, 0) is 4.74 Å². The highest BCUT2D eigenvalue weighted by Gasteiger charge is 2.34. The fourth-order valence-electron chi connectivity index (χ4n) is 1.88. The zero-order valence-electron chi connectivity index (χ0n) is 10.8. The van der Waals surface area contributed by atoms with Crippen LogP contribution in [0.5, 0.6) is 0 Å². The highest BCUT2D eigenvalue weighted by molar-refractivity contribution is 7.09. The molecule has 0 radical (unpaired) electrons. The normalized spacial score (nSPS) is 14.6. The molecule has 0 spiro atoms. The first kappa shape index (κ1) is 12.3. The minimum Gasteiger partial charge on any atom is -0.460 e. The van der Waals surface area contributed by atoms with E-state index >= 15 is 0 Å². The van der Waals surface area contributed by atoms with Crippen molar-refractivity contribution < 1.29 is 13.9 Å². The molecule has 1 saturated carbocycles. The molecule has 0 atom stereocenters. The first-order valence-electron chi connectivity index (χ1n) is 6.29. The van der Waals surface area contributed by atoms with E-state index in [2.05, 4.69) is 9.97 Å². The number of hydrogen-bond donors (Lipinski definition) is 0. The van der Waals surface area contributed by atoms with Gasteiger partial charge in [-0.2, -0.15) is 0 Å². The van der Waals surface area contributed by atoms with Gasteiger partial charge >= 0.3 is 5.97 Å². The fourth-order valence-corrected chi connectivity index (χ4v) is 2.47. The summed E-state index contributed by atoms with van der Waals surface area (Å²) in [4.78, 5) is 20.6. The van der Waals surface area contributed by atoms with Crippen molar-refractivity contribution in [3.05, 3.63) is 21.8 Å². The van der Waals surface area contributed by atoms with Crippen LogP contribution in [0.1, 0.15) is 46.9 Å². The van der Waals surface area contributed by atoms with Gasteiger partial charge in [0.05, 0.1) is 17.3 Å². The van der Waals surface area contributed by atoms with E-state index < -0.39 is 5.97 Å². The highest BCUT2D eigenvalue weighted by atomic mass is 32.1. The summed E-state index contributed by atoms with van der Waals surface area (Å²) in [5.41, 5.74) is 1.40. The lowest BCUT2D eigenvalue weighted by atomic mass is 10.2. The molecule has 2 heterocycles. The molecule has 2 aromatic heterocycles. The van der Waals surface area contributed by atoms with Crippen molar-refractivity contribution in [2.24, 2.45) is 0 Å². The highest BCUT2D eigenvalue weighted by Crippen LogP contribution is 2.42. The van der Waals surface area contributed by atoms with E-state index in [-0.39, 0.29) is 5.76 Å². The molecule has 0 N–H and O–H groups in total. The van der Waals surface area contributed by atoms with E-state index in [9.17, 15) is 4.79 Å². The SMILES string of the molecule is CCOC(=O)c1oc(-c2csc(C)n2)nc1C1CC1. The standard InChI is InChI=1S/C13H14N2O3S/c1-3-17-13(16)11-10(8-4-5-8)15-12(18-11)9-6-19-7(2)14-9/h6,8H,3-5H2,1-2H3. The average Bonchev–Trinajstić information content (AvgIpc) is 2.98. The summed E-state index contributed by atoms with van der Waals surface area (Å²) in [6.45, 7) is 4.02. The fraction of sp³-hybridized carbons (Fsp3) is 0.462. The van der Waals surface area contributed by atoms with Crippen molar-refractivity contribution in [3.63, 3.8) is 0 Å². The van der Waals surface area contributed by atoms with Gasteiger partial charge in [-0.25, -0.2) is 14.8 Å². The third kappa shape index (κ3) is 2.40. The third-order valence-corrected chi connectivity index (χ3v) is 3.69. The number of aromatic nitrogens is 2. The van der Waals surface area contributed by atoms with Gasteiger partial charge in [0, 0.05) is 11.3 Å². The molecule has 2 aromatic rings. The van der Waals surface area contributed by atoms with Crippen LogP contribution in [0.15, 0.2) is 9.80 Å². The van der Waals surface area contributed by atoms with Crippen molar-refractivity contribution in [2.75, 3.05) is 6.61 Å². The molecule has 19 heavy (non-hydrogen) atoms. The number of carbonyl (C=O) groups is 1. The zero-order chi connectivity index (χ0) is 13.4. The van der Waals surface area contributed by atoms with Crippen LogP contribution in [0, 0.1) is 6.92 Å². The van der Waals surface area contributed by atoms with Gasteiger partial charge in [-0.1, -0.05) is 0 Å². The van der Waals surface area contributed by atoms with Gasteiger partial charge in [0.2, 0.25) is 11.7 Å². The lowest BCUT2D eigenvalue weighted by molar-refractivity contribution is 0.0489. The van der Waals surface area contributed by atoms with Crippen molar-refractivity contribution in [2.45, 2.75) is 32.6 Å². The summed E-state index contributed by atoms with van der Waals surface area (Å²) in [5, 5.41) is 2.83. The molecule has 0 unspecified atom stereocenters. The predicted octanol–water partition coefficient (Wildman–Crippen LogP) is 3.16. The van der Waals surface area contributed by atoms with Crippen LogP contribution in [0.2, 0.25) is 0 Å². The van der Waals surface area contributed by atoms with E-state index in [1.807, 2.05) is 12.3 Å². The Labute approximate surface area is 114 Å². The molecule has 100 valence electrons. The Morgan fingerprint density at radius 2 is 2.32 bits per heavy atom. The van der Waals surface area contributed by atoms with Gasteiger partial charge in [-0.3, -0.25) is 0 Å². The first-order chi connectivity index (χ1) is 9.19. The van der Waals surface area contributed by atoms with Crippen molar-refractivity contribution in [1.29, 1.82) is 0 Å². The molecule has 1 aliphatic carbocycles. The maximum atomic E-state index is 11.9. The Morgan fingerprint density at radius 1 is 1.53 bits per heavy atom. The van der Waals surface area contributed by atoms with Crippen LogP contribution >= 0.6 is 11.3 Å². The Kier molecular flexibility index (Phi) is 3.10. The number of aryl methyl sites for hydroxylation is 1. The molecular formula is C13H14N2O3S. The molecule has 0 aromatic carbocycles. The summed E-state index contributed by atoms with van der Waals surface area (Å²) in [6.07, 6.45) is 2.10. The van der Waals surface area contributed by atoms with Gasteiger partial charge in [0.15, 0.2) is 0 Å². The van der Waals surface area contributed by atoms with Gasteiger partial charge in [0.1, 0.15) is 5.69 Å². The molecule has 0 amide bonds. The van der Waals surface area contributed by atoms with Crippen LogP contribution in [0.25, 0.3) is 11.6 Å². The zero-order valence-corrected chi connectivity index (χ0v) is 11.6. The van der Waals surface area contributed by atoms with Crippen molar-refractivity contribution in [1.82, 2.24) is 9.97 Å². The number of hydrogen-bond acceptors (Lipinski definition) is 6. The van der Waals surface area contributed by atoms with Crippen molar-refractivity contribution in [3.8, 4) is 11.6 Å². The Balaban J connectivity index is 1.98. The first-order valence-corrected chi connectivity index (χ1v) is 7.17. The van der Waals surface area contributed by atoms with Gasteiger partial charge in [-0.15, -0.1) is 11.3 Å². The van der Waals surface area contributed by atoms with Crippen LogP contribution in [-0.4, -0.2) is 22.5 Å². The summed E-state index contributed by atoms with van der Waals surface area (Å²) in [7, 11) is 0. The molecule has 5 nitrogen and oxygen atoms in total. The maximum Gasteiger partial charge on any atom is 0.376 e. The summed E-state index contributed by atoms with van der Waals surface area (Å²) < 4.78 is 10.6. The minimum atomic E-state index is -0.435.